The zero-order valence-corrected chi connectivity index (χ0v) is 9.79. The molecular formula is C11H12N2O6. The maximum Gasteiger partial charge on any atom is 0.335 e. The molecule has 0 aliphatic heterocycles. The van der Waals surface area contributed by atoms with Gasteiger partial charge in [-0.1, -0.05) is 0 Å². The molecule has 1 heterocycles. The Balaban J connectivity index is 2.70. The molecule has 0 aliphatic rings. The fraction of sp³-hybridized carbons (Fsp3) is 0.273. The van der Waals surface area contributed by atoms with Crippen molar-refractivity contribution in [3.05, 3.63) is 34.4 Å². The van der Waals surface area contributed by atoms with Crippen molar-refractivity contribution in [2.24, 2.45) is 5.73 Å². The van der Waals surface area contributed by atoms with E-state index in [2.05, 4.69) is 9.73 Å². The number of carboxylic acids is 1. The van der Waals surface area contributed by atoms with Crippen molar-refractivity contribution < 1.29 is 23.9 Å². The molecule has 0 aromatic carbocycles. The van der Waals surface area contributed by atoms with Crippen LogP contribution in [0, 0.1) is 0 Å². The van der Waals surface area contributed by atoms with Crippen molar-refractivity contribution in [3.63, 3.8) is 0 Å². The second kappa shape index (κ2) is 6.34. The second-order valence-electron chi connectivity index (χ2n) is 3.71. The summed E-state index contributed by atoms with van der Waals surface area (Å²) >= 11 is 0. The summed E-state index contributed by atoms with van der Waals surface area (Å²) in [6, 6.07) is 0.995. The molecule has 0 spiro atoms. The molecule has 102 valence electrons. The number of primary amides is 1. The first kappa shape index (κ1) is 14.4. The highest BCUT2D eigenvalue weighted by Gasteiger charge is 2.21. The Labute approximate surface area is 107 Å². The van der Waals surface area contributed by atoms with Gasteiger partial charge in [-0.15, -0.1) is 0 Å². The van der Waals surface area contributed by atoms with Gasteiger partial charge in [0, 0.05) is 12.5 Å². The summed E-state index contributed by atoms with van der Waals surface area (Å²) in [5.41, 5.74) is 4.28. The molecule has 1 atom stereocenters. The first-order chi connectivity index (χ1) is 8.90. The van der Waals surface area contributed by atoms with Crippen LogP contribution in [0.15, 0.2) is 27.6 Å². The van der Waals surface area contributed by atoms with E-state index in [0.29, 0.717) is 0 Å². The summed E-state index contributed by atoms with van der Waals surface area (Å²) in [5, 5.41) is 11.1. The van der Waals surface area contributed by atoms with Crippen LogP contribution in [0.25, 0.3) is 0 Å². The van der Waals surface area contributed by atoms with E-state index in [1.54, 1.807) is 0 Å². The minimum absolute atomic E-state index is 0.00456. The fourth-order valence-electron chi connectivity index (χ4n) is 1.27. The summed E-state index contributed by atoms with van der Waals surface area (Å²) in [5.74, 6) is -2.67. The van der Waals surface area contributed by atoms with Gasteiger partial charge >= 0.3 is 11.6 Å². The van der Waals surface area contributed by atoms with E-state index in [-0.39, 0.29) is 18.4 Å². The van der Waals surface area contributed by atoms with Crippen LogP contribution in [-0.4, -0.2) is 28.9 Å². The van der Waals surface area contributed by atoms with Crippen molar-refractivity contribution in [1.82, 2.24) is 5.32 Å². The SMILES string of the molecule is NC(=O)CCC(NC(=O)c1ccc(=O)oc1)C(=O)O. The van der Waals surface area contributed by atoms with Crippen LogP contribution in [0.5, 0.6) is 0 Å². The van der Waals surface area contributed by atoms with Gasteiger partial charge in [-0.25, -0.2) is 9.59 Å². The Morgan fingerprint density at radius 2 is 2.05 bits per heavy atom. The first-order valence-corrected chi connectivity index (χ1v) is 5.31. The van der Waals surface area contributed by atoms with Crippen molar-refractivity contribution in [2.75, 3.05) is 0 Å². The molecule has 4 N–H and O–H groups in total. The number of nitrogens with one attached hydrogen (secondary N) is 1. The van der Waals surface area contributed by atoms with E-state index in [1.807, 2.05) is 0 Å². The van der Waals surface area contributed by atoms with Gasteiger partial charge in [0.05, 0.1) is 5.56 Å². The van der Waals surface area contributed by atoms with E-state index < -0.39 is 29.5 Å². The van der Waals surface area contributed by atoms with E-state index in [0.717, 1.165) is 12.3 Å². The normalized spacial score (nSPS) is 11.6. The molecule has 1 unspecified atom stereocenters. The van der Waals surface area contributed by atoms with Crippen molar-refractivity contribution in [1.29, 1.82) is 0 Å². The summed E-state index contributed by atoms with van der Waals surface area (Å²) in [7, 11) is 0. The van der Waals surface area contributed by atoms with Crippen molar-refractivity contribution >= 4 is 17.8 Å². The van der Waals surface area contributed by atoms with Gasteiger partial charge < -0.3 is 20.6 Å². The zero-order valence-electron chi connectivity index (χ0n) is 9.79. The maximum atomic E-state index is 11.7. The van der Waals surface area contributed by atoms with Gasteiger partial charge in [0.15, 0.2) is 0 Å². The van der Waals surface area contributed by atoms with E-state index in [1.165, 1.54) is 6.07 Å². The highest BCUT2D eigenvalue weighted by molar-refractivity contribution is 5.96. The van der Waals surface area contributed by atoms with E-state index in [4.69, 9.17) is 10.8 Å². The minimum atomic E-state index is -1.29. The monoisotopic (exact) mass is 268 g/mol. The number of carbonyl (C=O) groups excluding carboxylic acids is 2. The predicted octanol–water partition coefficient (Wildman–Crippen LogP) is -0.912. The summed E-state index contributed by atoms with van der Waals surface area (Å²) < 4.78 is 4.48. The highest BCUT2D eigenvalue weighted by Crippen LogP contribution is 2.01. The topological polar surface area (TPSA) is 140 Å². The van der Waals surface area contributed by atoms with Crippen LogP contribution in [0.2, 0.25) is 0 Å². The van der Waals surface area contributed by atoms with Gasteiger partial charge in [-0.2, -0.15) is 0 Å². The largest absolute Gasteiger partial charge is 0.480 e. The lowest BCUT2D eigenvalue weighted by atomic mass is 10.1. The lowest BCUT2D eigenvalue weighted by Gasteiger charge is -2.13. The Morgan fingerprint density at radius 1 is 1.37 bits per heavy atom. The van der Waals surface area contributed by atoms with Gasteiger partial charge in [0.25, 0.3) is 5.91 Å². The molecule has 0 bridgehead atoms. The molecule has 1 rings (SSSR count). The zero-order chi connectivity index (χ0) is 14.4. The Morgan fingerprint density at radius 3 is 2.53 bits per heavy atom. The average molecular weight is 268 g/mol. The Hall–Kier alpha value is -2.64. The number of aliphatic carboxylic acids is 1. The van der Waals surface area contributed by atoms with Crippen LogP contribution in [0.3, 0.4) is 0 Å². The number of nitrogens with two attached hydrogens (primary N) is 1. The molecule has 19 heavy (non-hydrogen) atoms. The van der Waals surface area contributed by atoms with Crippen LogP contribution in [0.4, 0.5) is 0 Å². The Kier molecular flexibility index (Phi) is 4.81. The summed E-state index contributed by atoms with van der Waals surface area (Å²) in [4.78, 5) is 43.9. The molecule has 8 heteroatoms. The number of rotatable bonds is 6. The van der Waals surface area contributed by atoms with Gasteiger partial charge in [0.2, 0.25) is 5.91 Å². The molecular weight excluding hydrogens is 256 g/mol. The second-order valence-corrected chi connectivity index (χ2v) is 3.71. The van der Waals surface area contributed by atoms with E-state index in [9.17, 15) is 19.2 Å². The summed E-state index contributed by atoms with van der Waals surface area (Å²) in [6.45, 7) is 0. The minimum Gasteiger partial charge on any atom is -0.480 e. The molecule has 2 amide bonds. The number of hydrogen-bond donors (Lipinski definition) is 3. The fourth-order valence-corrected chi connectivity index (χ4v) is 1.27. The number of carboxylic acid groups (broad SMARTS) is 1. The maximum absolute atomic E-state index is 11.7. The lowest BCUT2D eigenvalue weighted by Crippen LogP contribution is -2.41. The molecule has 1 aromatic rings. The third-order valence-corrected chi connectivity index (χ3v) is 2.25. The van der Waals surface area contributed by atoms with Crippen LogP contribution in [-0.2, 0) is 9.59 Å². The van der Waals surface area contributed by atoms with E-state index >= 15 is 0 Å². The van der Waals surface area contributed by atoms with Gasteiger partial charge in [-0.3, -0.25) is 9.59 Å². The lowest BCUT2D eigenvalue weighted by molar-refractivity contribution is -0.139. The van der Waals surface area contributed by atoms with Gasteiger partial charge in [-0.05, 0) is 12.5 Å². The molecule has 0 saturated heterocycles. The quantitative estimate of drug-likeness (QED) is 0.610. The van der Waals surface area contributed by atoms with Gasteiger partial charge in [0.1, 0.15) is 12.3 Å². The molecule has 8 nitrogen and oxygen atoms in total. The van der Waals surface area contributed by atoms with Crippen LogP contribution in [0.1, 0.15) is 23.2 Å². The standard InChI is InChI=1S/C11H12N2O6/c12-8(14)3-2-7(11(17)18)13-10(16)6-1-4-9(15)19-5-6/h1,4-5,7H,2-3H2,(H2,12,14)(H,13,16)(H,17,18). The molecule has 0 aliphatic carbocycles. The Bertz CT molecular complexity index is 530. The van der Waals surface area contributed by atoms with Crippen molar-refractivity contribution in [2.45, 2.75) is 18.9 Å². The predicted molar refractivity (Wildman–Crippen MR) is 62.3 cm³/mol. The van der Waals surface area contributed by atoms with Crippen LogP contribution >= 0.6 is 0 Å². The number of amides is 2. The third-order valence-electron chi connectivity index (χ3n) is 2.25. The average Bonchev–Trinajstić information content (AvgIpc) is 2.34. The molecule has 0 saturated carbocycles. The molecule has 0 fully saturated rings. The molecule has 1 aromatic heterocycles. The molecule has 0 radical (unpaired) electrons. The number of hydrogen-bond acceptors (Lipinski definition) is 5. The third kappa shape index (κ3) is 4.62. The smallest absolute Gasteiger partial charge is 0.335 e. The highest BCUT2D eigenvalue weighted by atomic mass is 16.4. The van der Waals surface area contributed by atoms with Crippen molar-refractivity contribution in [3.8, 4) is 0 Å². The first-order valence-electron chi connectivity index (χ1n) is 5.31. The number of carbonyl (C=O) groups is 3. The summed E-state index contributed by atoms with van der Waals surface area (Å²) in [6.07, 6.45) is 0.638. The van der Waals surface area contributed by atoms with Crippen LogP contribution < -0.4 is 16.7 Å².